The highest BCUT2D eigenvalue weighted by Crippen LogP contribution is 2.14. The second-order valence-electron chi connectivity index (χ2n) is 4.28. The predicted molar refractivity (Wildman–Crippen MR) is 66.8 cm³/mol. The van der Waals surface area contributed by atoms with E-state index in [2.05, 4.69) is 6.92 Å². The summed E-state index contributed by atoms with van der Waals surface area (Å²) in [5, 5.41) is 10.6. The molecule has 16 heavy (non-hydrogen) atoms. The molecule has 1 aromatic carbocycles. The van der Waals surface area contributed by atoms with Crippen LogP contribution in [0.4, 0.5) is 0 Å². The third-order valence-electron chi connectivity index (χ3n) is 2.51. The van der Waals surface area contributed by atoms with Crippen molar-refractivity contribution in [3.8, 4) is 0 Å². The van der Waals surface area contributed by atoms with E-state index in [9.17, 15) is 5.11 Å². The van der Waals surface area contributed by atoms with Crippen molar-refractivity contribution in [2.75, 3.05) is 13.7 Å². The van der Waals surface area contributed by atoms with Crippen LogP contribution in [0.3, 0.4) is 0 Å². The van der Waals surface area contributed by atoms with Crippen molar-refractivity contribution < 1.29 is 9.84 Å². The van der Waals surface area contributed by atoms with Crippen LogP contribution in [-0.4, -0.2) is 24.9 Å². The molecule has 0 aromatic heterocycles. The Morgan fingerprint density at radius 2 is 1.94 bits per heavy atom. The van der Waals surface area contributed by atoms with Gasteiger partial charge in [0.05, 0.1) is 6.10 Å². The summed E-state index contributed by atoms with van der Waals surface area (Å²) in [6.45, 7) is 2.77. The monoisotopic (exact) mass is 242 g/mol. The first kappa shape index (κ1) is 13.5. The van der Waals surface area contributed by atoms with Crippen LogP contribution in [0.1, 0.15) is 18.9 Å². The maximum absolute atomic E-state index is 9.88. The molecule has 0 saturated heterocycles. The van der Waals surface area contributed by atoms with Gasteiger partial charge in [0.2, 0.25) is 0 Å². The van der Waals surface area contributed by atoms with E-state index >= 15 is 0 Å². The van der Waals surface area contributed by atoms with Gasteiger partial charge in [-0.05, 0) is 36.5 Å². The van der Waals surface area contributed by atoms with Gasteiger partial charge in [-0.2, -0.15) is 0 Å². The van der Waals surface area contributed by atoms with Gasteiger partial charge in [0.1, 0.15) is 0 Å². The fourth-order valence-electron chi connectivity index (χ4n) is 1.79. The highest BCUT2D eigenvalue weighted by atomic mass is 35.5. The first-order chi connectivity index (χ1) is 7.61. The summed E-state index contributed by atoms with van der Waals surface area (Å²) in [6, 6.07) is 7.60. The molecule has 1 N–H and O–H groups in total. The third-order valence-corrected chi connectivity index (χ3v) is 2.76. The molecule has 2 nitrogen and oxygen atoms in total. The lowest BCUT2D eigenvalue weighted by molar-refractivity contribution is 0.102. The maximum Gasteiger partial charge on any atom is 0.0584 e. The molecular weight excluding hydrogens is 224 g/mol. The standard InChI is InChI=1S/C13H19ClO2/c1-10(9-16-2)7-13(15)8-11-3-5-12(14)6-4-11/h3-6,10,13,15H,7-9H2,1-2H3. The first-order valence-electron chi connectivity index (χ1n) is 5.53. The minimum atomic E-state index is -0.314. The summed E-state index contributed by atoms with van der Waals surface area (Å²) in [6.07, 6.45) is 1.12. The lowest BCUT2D eigenvalue weighted by Crippen LogP contribution is -2.17. The Balaban J connectivity index is 2.39. The number of halogens is 1. The normalized spacial score (nSPS) is 14.8. The topological polar surface area (TPSA) is 29.5 Å². The molecule has 0 saturated carbocycles. The molecule has 0 bridgehead atoms. The number of rotatable bonds is 6. The quantitative estimate of drug-likeness (QED) is 0.831. The fraction of sp³-hybridized carbons (Fsp3) is 0.538. The van der Waals surface area contributed by atoms with Crippen LogP contribution >= 0.6 is 11.6 Å². The first-order valence-corrected chi connectivity index (χ1v) is 5.91. The van der Waals surface area contributed by atoms with Crippen LogP contribution in [0.15, 0.2) is 24.3 Å². The average molecular weight is 243 g/mol. The summed E-state index contributed by atoms with van der Waals surface area (Å²) < 4.78 is 5.04. The molecule has 0 aliphatic rings. The van der Waals surface area contributed by atoms with E-state index in [-0.39, 0.29) is 6.10 Å². The van der Waals surface area contributed by atoms with Gasteiger partial charge >= 0.3 is 0 Å². The second kappa shape index (κ2) is 6.89. The van der Waals surface area contributed by atoms with Gasteiger partial charge in [0, 0.05) is 18.7 Å². The highest BCUT2D eigenvalue weighted by Gasteiger charge is 2.10. The summed E-state index contributed by atoms with van der Waals surface area (Å²) >= 11 is 5.79. The van der Waals surface area contributed by atoms with Gasteiger partial charge in [0.25, 0.3) is 0 Å². The Morgan fingerprint density at radius 1 is 1.31 bits per heavy atom. The molecule has 1 rings (SSSR count). The number of benzene rings is 1. The van der Waals surface area contributed by atoms with Crippen molar-refractivity contribution in [1.82, 2.24) is 0 Å². The van der Waals surface area contributed by atoms with Gasteiger partial charge in [-0.1, -0.05) is 30.7 Å². The summed E-state index contributed by atoms with van der Waals surface area (Å²) in [4.78, 5) is 0. The van der Waals surface area contributed by atoms with Crippen molar-refractivity contribution in [3.63, 3.8) is 0 Å². The number of methoxy groups -OCH3 is 1. The molecular formula is C13H19ClO2. The molecule has 90 valence electrons. The average Bonchev–Trinajstić information content (AvgIpc) is 2.21. The van der Waals surface area contributed by atoms with Gasteiger partial charge in [-0.25, -0.2) is 0 Å². The number of aliphatic hydroxyl groups is 1. The number of hydrogen-bond donors (Lipinski definition) is 1. The maximum atomic E-state index is 9.88. The van der Waals surface area contributed by atoms with Crippen LogP contribution in [0.5, 0.6) is 0 Å². The summed E-state index contributed by atoms with van der Waals surface area (Å²) in [5.74, 6) is 0.382. The molecule has 0 heterocycles. The lowest BCUT2D eigenvalue weighted by atomic mass is 9.99. The Labute approximate surface area is 102 Å². The third kappa shape index (κ3) is 4.97. The SMILES string of the molecule is COCC(C)CC(O)Cc1ccc(Cl)cc1. The van der Waals surface area contributed by atoms with Gasteiger partial charge in [0.15, 0.2) is 0 Å². The number of aliphatic hydroxyl groups excluding tert-OH is 1. The minimum Gasteiger partial charge on any atom is -0.393 e. The van der Waals surface area contributed by atoms with Crippen molar-refractivity contribution in [2.24, 2.45) is 5.92 Å². The van der Waals surface area contributed by atoms with Gasteiger partial charge in [-0.15, -0.1) is 0 Å². The van der Waals surface area contributed by atoms with Gasteiger partial charge < -0.3 is 9.84 Å². The van der Waals surface area contributed by atoms with Crippen molar-refractivity contribution in [3.05, 3.63) is 34.9 Å². The molecule has 0 radical (unpaired) electrons. The van der Waals surface area contributed by atoms with E-state index in [0.717, 1.165) is 17.0 Å². The van der Waals surface area contributed by atoms with E-state index in [0.29, 0.717) is 18.9 Å². The van der Waals surface area contributed by atoms with Crippen molar-refractivity contribution in [1.29, 1.82) is 0 Å². The van der Waals surface area contributed by atoms with E-state index in [1.165, 1.54) is 0 Å². The number of ether oxygens (including phenoxy) is 1. The largest absolute Gasteiger partial charge is 0.393 e. The zero-order valence-corrected chi connectivity index (χ0v) is 10.6. The highest BCUT2D eigenvalue weighted by molar-refractivity contribution is 6.30. The van der Waals surface area contributed by atoms with E-state index in [1.807, 2.05) is 24.3 Å². The van der Waals surface area contributed by atoms with Crippen molar-refractivity contribution >= 4 is 11.6 Å². The number of hydrogen-bond acceptors (Lipinski definition) is 2. The van der Waals surface area contributed by atoms with Crippen LogP contribution < -0.4 is 0 Å². The minimum absolute atomic E-state index is 0.314. The van der Waals surface area contributed by atoms with E-state index < -0.39 is 0 Å². The summed E-state index contributed by atoms with van der Waals surface area (Å²) in [5.41, 5.74) is 1.11. The molecule has 0 aliphatic carbocycles. The predicted octanol–water partition coefficient (Wildman–Crippen LogP) is 2.92. The van der Waals surface area contributed by atoms with Crippen LogP contribution in [0.2, 0.25) is 5.02 Å². The molecule has 0 amide bonds. The molecule has 0 aliphatic heterocycles. The molecule has 1 aromatic rings. The van der Waals surface area contributed by atoms with E-state index in [1.54, 1.807) is 7.11 Å². The summed E-state index contributed by atoms with van der Waals surface area (Å²) in [7, 11) is 1.68. The molecule has 2 atom stereocenters. The van der Waals surface area contributed by atoms with Crippen LogP contribution in [0.25, 0.3) is 0 Å². The smallest absolute Gasteiger partial charge is 0.0584 e. The zero-order chi connectivity index (χ0) is 12.0. The fourth-order valence-corrected chi connectivity index (χ4v) is 1.92. The van der Waals surface area contributed by atoms with Crippen molar-refractivity contribution in [2.45, 2.75) is 25.9 Å². The second-order valence-corrected chi connectivity index (χ2v) is 4.72. The van der Waals surface area contributed by atoms with Crippen LogP contribution in [0, 0.1) is 5.92 Å². The molecule has 2 unspecified atom stereocenters. The van der Waals surface area contributed by atoms with Crippen LogP contribution in [-0.2, 0) is 11.2 Å². The zero-order valence-electron chi connectivity index (χ0n) is 9.82. The Hall–Kier alpha value is -0.570. The van der Waals surface area contributed by atoms with E-state index in [4.69, 9.17) is 16.3 Å². The molecule has 3 heteroatoms. The Bertz CT molecular complexity index is 297. The molecule has 0 fully saturated rings. The van der Waals surface area contributed by atoms with Gasteiger partial charge in [-0.3, -0.25) is 0 Å². The Morgan fingerprint density at radius 3 is 2.50 bits per heavy atom. The lowest BCUT2D eigenvalue weighted by Gasteiger charge is -2.15. The molecule has 0 spiro atoms. The Kier molecular flexibility index (Phi) is 5.81.